The second kappa shape index (κ2) is 13.5. The molecule has 5 atom stereocenters. The Hall–Kier alpha value is -3.11. The van der Waals surface area contributed by atoms with Gasteiger partial charge in [-0.2, -0.15) is 0 Å². The number of carbonyl (C=O) groups is 1. The Kier molecular flexibility index (Phi) is 9.89. The zero-order valence-corrected chi connectivity index (χ0v) is 25.8. The quantitative estimate of drug-likeness (QED) is 0.128. The summed E-state index contributed by atoms with van der Waals surface area (Å²) in [7, 11) is -4.98. The summed E-state index contributed by atoms with van der Waals surface area (Å²) in [5.41, 5.74) is -0.654. The number of thioether (sulfide) groups is 1. The highest BCUT2D eigenvalue weighted by atomic mass is 79.9. The van der Waals surface area contributed by atoms with Gasteiger partial charge >= 0.3 is 13.8 Å². The number of phosphoric acid groups is 1. The van der Waals surface area contributed by atoms with Gasteiger partial charge in [0.1, 0.15) is 17.2 Å². The minimum absolute atomic E-state index is 0.0157. The Bertz CT molecular complexity index is 1680. The molecule has 1 aliphatic rings. The minimum Gasteiger partial charge on any atom is -0.454 e. The Morgan fingerprint density at radius 3 is 2.50 bits per heavy atom. The molecule has 0 radical (unpaired) electrons. The average molecular weight is 715 g/mol. The predicted octanol–water partition coefficient (Wildman–Crippen LogP) is 5.55. The van der Waals surface area contributed by atoms with Crippen LogP contribution in [-0.2, 0) is 18.6 Å². The van der Waals surface area contributed by atoms with E-state index in [1.165, 1.54) is 34.8 Å². The Balaban J connectivity index is 1.56. The van der Waals surface area contributed by atoms with E-state index >= 15 is 0 Å². The summed E-state index contributed by atoms with van der Waals surface area (Å²) in [4.78, 5) is 37.0. The van der Waals surface area contributed by atoms with Crippen molar-refractivity contribution in [3.63, 3.8) is 0 Å². The van der Waals surface area contributed by atoms with Crippen LogP contribution in [0.5, 0.6) is 0 Å². The number of hydrogen-bond acceptors (Lipinski definition) is 9. The van der Waals surface area contributed by atoms with Gasteiger partial charge in [0.15, 0.2) is 23.6 Å². The summed E-state index contributed by atoms with van der Waals surface area (Å²) in [6, 6.07) is 10.4. The number of pyridine rings is 1. The van der Waals surface area contributed by atoms with Gasteiger partial charge in [-0.3, -0.25) is 9.51 Å². The number of halogens is 4. The molecule has 11 nitrogen and oxygen atoms in total. The fourth-order valence-corrected chi connectivity index (χ4v) is 6.66. The maximum atomic E-state index is 14.0. The maximum absolute atomic E-state index is 14.0. The van der Waals surface area contributed by atoms with Crippen molar-refractivity contribution in [3.05, 3.63) is 94.6 Å². The molecule has 17 heteroatoms. The molecule has 5 rings (SSSR count). The molecule has 2 aromatic heterocycles. The van der Waals surface area contributed by atoms with E-state index in [2.05, 4.69) is 31.2 Å². The number of phosphoric ester groups is 1. The molecule has 44 heavy (non-hydrogen) atoms. The number of hydrogen-bond donors (Lipinski definition) is 2. The first-order chi connectivity index (χ1) is 20.9. The molecule has 0 saturated carbocycles. The lowest BCUT2D eigenvalue weighted by Gasteiger charge is -2.44. The molecule has 3 heterocycles. The van der Waals surface area contributed by atoms with E-state index in [0.717, 1.165) is 12.1 Å². The van der Waals surface area contributed by atoms with Crippen LogP contribution in [0.1, 0.15) is 23.3 Å². The van der Waals surface area contributed by atoms with E-state index in [9.17, 15) is 32.3 Å². The maximum Gasteiger partial charge on any atom is 0.469 e. The van der Waals surface area contributed by atoms with Gasteiger partial charge in [-0.15, -0.1) is 5.10 Å². The smallest absolute Gasteiger partial charge is 0.454 e. The second-order valence-corrected chi connectivity index (χ2v) is 13.0. The van der Waals surface area contributed by atoms with Crippen LogP contribution in [0.15, 0.2) is 76.5 Å². The van der Waals surface area contributed by atoms with Gasteiger partial charge in [0, 0.05) is 33.2 Å². The number of benzene rings is 2. The number of nitrogens with zero attached hydrogens (tertiary/aromatic N) is 4. The van der Waals surface area contributed by atoms with E-state index in [0.29, 0.717) is 9.37 Å². The average Bonchev–Trinajstić information content (AvgIpc) is 3.46. The van der Waals surface area contributed by atoms with E-state index in [-0.39, 0.29) is 16.8 Å². The van der Waals surface area contributed by atoms with E-state index in [4.69, 9.17) is 14.0 Å². The molecule has 2 aromatic carbocycles. The van der Waals surface area contributed by atoms with E-state index in [1.54, 1.807) is 43.6 Å². The van der Waals surface area contributed by atoms with Gasteiger partial charge in [0.05, 0.1) is 24.4 Å². The van der Waals surface area contributed by atoms with Crippen molar-refractivity contribution in [1.29, 1.82) is 0 Å². The first kappa shape index (κ1) is 32.3. The SMILES string of the molecule is CC1[C@@H](Sc2cncc(Br)c2)OC(COP(=O)(O)O)[C@H](OC(=O)c2ccccc2)[C@@H]1n1cc(-c2cc(F)c(F)c(F)c2)nn1. The highest BCUT2D eigenvalue weighted by Gasteiger charge is 2.49. The van der Waals surface area contributed by atoms with Crippen LogP contribution in [0.3, 0.4) is 0 Å². The van der Waals surface area contributed by atoms with Crippen LogP contribution in [-0.4, -0.2) is 60.0 Å². The van der Waals surface area contributed by atoms with Gasteiger partial charge in [-0.25, -0.2) is 27.2 Å². The van der Waals surface area contributed by atoms with Crippen molar-refractivity contribution in [2.24, 2.45) is 5.92 Å². The molecule has 0 aliphatic carbocycles. The fourth-order valence-electron chi connectivity index (χ4n) is 4.65. The summed E-state index contributed by atoms with van der Waals surface area (Å²) in [6.45, 7) is 1.10. The lowest BCUT2D eigenvalue weighted by atomic mass is 9.90. The van der Waals surface area contributed by atoms with Gasteiger partial charge < -0.3 is 19.3 Å². The zero-order valence-electron chi connectivity index (χ0n) is 22.5. The summed E-state index contributed by atoms with van der Waals surface area (Å²) >= 11 is 4.61. The van der Waals surface area contributed by atoms with Crippen LogP contribution in [0.25, 0.3) is 11.3 Å². The van der Waals surface area contributed by atoms with Crippen molar-refractivity contribution in [2.75, 3.05) is 6.61 Å². The van der Waals surface area contributed by atoms with Crippen LogP contribution < -0.4 is 0 Å². The molecule has 4 aromatic rings. The van der Waals surface area contributed by atoms with Gasteiger partial charge in [0.2, 0.25) is 0 Å². The standard InChI is InChI=1S/C27H23BrF3N4O7PS/c1-14-24(35-12-21(33-34-35)16-7-19(29)23(31)20(30)8-16)25(42-26(36)15-5-3-2-4-6-15)22(13-40-43(37,38)39)41-27(14)44-18-9-17(28)10-32-11-18/h2-12,14,22,24-25,27H,13H2,1H3,(H2,37,38,39)/t14?,22?,24-,25+,27-/m1/s1. The predicted molar refractivity (Wildman–Crippen MR) is 154 cm³/mol. The van der Waals surface area contributed by atoms with E-state index in [1.807, 2.05) is 0 Å². The molecule has 0 amide bonds. The van der Waals surface area contributed by atoms with Crippen LogP contribution in [0, 0.1) is 23.4 Å². The number of carbonyl (C=O) groups excluding carboxylic acids is 1. The summed E-state index contributed by atoms with van der Waals surface area (Å²) < 4.78 is 72.2. The molecule has 1 aliphatic heterocycles. The van der Waals surface area contributed by atoms with Crippen molar-refractivity contribution in [2.45, 2.75) is 35.5 Å². The fraction of sp³-hybridized carbons (Fsp3) is 0.259. The Morgan fingerprint density at radius 1 is 1.14 bits per heavy atom. The molecule has 2 unspecified atom stereocenters. The van der Waals surface area contributed by atoms with Gasteiger partial charge in [-0.1, -0.05) is 42.1 Å². The summed E-state index contributed by atoms with van der Waals surface area (Å²) in [6.07, 6.45) is 2.03. The largest absolute Gasteiger partial charge is 0.469 e. The number of aromatic nitrogens is 4. The monoisotopic (exact) mass is 714 g/mol. The Labute approximate surface area is 261 Å². The third-order valence-corrected chi connectivity index (χ3v) is 8.85. The molecule has 2 N–H and O–H groups in total. The molecule has 1 saturated heterocycles. The molecule has 0 bridgehead atoms. The van der Waals surface area contributed by atoms with Crippen molar-refractivity contribution in [1.82, 2.24) is 20.0 Å². The number of rotatable bonds is 9. The first-order valence-electron chi connectivity index (χ1n) is 12.8. The number of ether oxygens (including phenoxy) is 2. The third-order valence-electron chi connectivity index (χ3n) is 6.67. The summed E-state index contributed by atoms with van der Waals surface area (Å²) in [5.74, 6) is -5.78. The van der Waals surface area contributed by atoms with Crippen molar-refractivity contribution >= 4 is 41.5 Å². The normalized spacial score (nSPS) is 22.1. The molecule has 232 valence electrons. The lowest BCUT2D eigenvalue weighted by molar-refractivity contribution is -0.154. The highest BCUT2D eigenvalue weighted by molar-refractivity contribution is 9.10. The van der Waals surface area contributed by atoms with Crippen molar-refractivity contribution in [3.8, 4) is 11.3 Å². The molecule has 1 fully saturated rings. The molecular formula is C27H23BrF3N4O7PS. The van der Waals surface area contributed by atoms with Gasteiger partial charge in [0.25, 0.3) is 0 Å². The Morgan fingerprint density at radius 2 is 1.84 bits per heavy atom. The third kappa shape index (κ3) is 7.57. The van der Waals surface area contributed by atoms with Crippen LogP contribution >= 0.6 is 35.5 Å². The second-order valence-electron chi connectivity index (χ2n) is 9.71. The van der Waals surface area contributed by atoms with Crippen molar-refractivity contribution < 1.29 is 46.3 Å². The topological polar surface area (TPSA) is 146 Å². The summed E-state index contributed by atoms with van der Waals surface area (Å²) in [5, 5.41) is 8.14. The van der Waals surface area contributed by atoms with E-state index < -0.39 is 67.5 Å². The highest BCUT2D eigenvalue weighted by Crippen LogP contribution is 2.45. The van der Waals surface area contributed by atoms with Crippen LogP contribution in [0.2, 0.25) is 0 Å². The van der Waals surface area contributed by atoms with Crippen LogP contribution in [0.4, 0.5) is 13.2 Å². The number of esters is 1. The first-order valence-corrected chi connectivity index (χ1v) is 16.1. The molecular weight excluding hydrogens is 692 g/mol. The zero-order chi connectivity index (χ0) is 31.6. The minimum atomic E-state index is -4.98. The lowest BCUT2D eigenvalue weighted by Crippen LogP contribution is -2.53. The van der Waals surface area contributed by atoms with Gasteiger partial charge in [-0.05, 0) is 46.3 Å². The molecule has 0 spiro atoms.